The normalized spacial score (nSPS) is 16.8. The Morgan fingerprint density at radius 2 is 1.87 bits per heavy atom. The summed E-state index contributed by atoms with van der Waals surface area (Å²) in [6.07, 6.45) is 1.83. The Balaban J connectivity index is 1.77. The first-order valence-electron chi connectivity index (χ1n) is 9.39. The van der Waals surface area contributed by atoms with Crippen LogP contribution in [-0.4, -0.2) is 64.2 Å². The second-order valence-electron chi connectivity index (χ2n) is 6.80. The number of sulfonamides is 1. The van der Waals surface area contributed by atoms with Crippen molar-refractivity contribution in [1.82, 2.24) is 4.90 Å². The second-order valence-corrected chi connectivity index (χ2v) is 9.44. The van der Waals surface area contributed by atoms with E-state index in [1.54, 1.807) is 35.2 Å². The maximum absolute atomic E-state index is 13.4. The number of hydrogen-bond donors (Lipinski definition) is 1. The van der Waals surface area contributed by atoms with Crippen molar-refractivity contribution in [3.8, 4) is 0 Å². The van der Waals surface area contributed by atoms with Gasteiger partial charge in [-0.15, -0.1) is 11.8 Å². The van der Waals surface area contributed by atoms with E-state index in [9.17, 15) is 18.0 Å². The Morgan fingerprint density at radius 3 is 2.60 bits per heavy atom. The number of morpholine rings is 1. The molecule has 2 aromatic rings. The van der Waals surface area contributed by atoms with E-state index in [1.165, 1.54) is 23.9 Å². The molecule has 2 heterocycles. The largest absolute Gasteiger partial charge is 0.378 e. The van der Waals surface area contributed by atoms with E-state index in [0.29, 0.717) is 42.4 Å². The van der Waals surface area contributed by atoms with Crippen LogP contribution in [0.4, 0.5) is 11.4 Å². The van der Waals surface area contributed by atoms with E-state index in [4.69, 9.17) is 4.74 Å². The molecule has 0 aliphatic carbocycles. The number of para-hydroxylation sites is 2. The maximum atomic E-state index is 13.4. The van der Waals surface area contributed by atoms with Crippen LogP contribution in [-0.2, 0) is 19.6 Å². The standard InChI is InChI=1S/C20H21N3O5S2/c1-29-18-7-6-14(12-15(18)20(25)22-8-10-28-11-9-22)30(26,27)23-17-5-3-2-4-16(17)21-13-19(23)24/h2-7,12,21H,8-11,13H2,1H3. The summed E-state index contributed by atoms with van der Waals surface area (Å²) >= 11 is 1.37. The summed E-state index contributed by atoms with van der Waals surface area (Å²) in [6, 6.07) is 11.2. The first-order chi connectivity index (χ1) is 14.4. The molecule has 2 aromatic carbocycles. The molecule has 158 valence electrons. The smallest absolute Gasteiger partial charge is 0.271 e. The van der Waals surface area contributed by atoms with Crippen LogP contribution in [0.2, 0.25) is 0 Å². The number of hydrogen-bond acceptors (Lipinski definition) is 7. The number of amides is 2. The maximum Gasteiger partial charge on any atom is 0.271 e. The molecular weight excluding hydrogens is 426 g/mol. The number of carbonyl (C=O) groups is 2. The minimum Gasteiger partial charge on any atom is -0.378 e. The zero-order chi connectivity index (χ0) is 21.3. The molecule has 0 radical (unpaired) electrons. The summed E-state index contributed by atoms with van der Waals surface area (Å²) in [5.41, 5.74) is 1.14. The number of nitrogens with zero attached hydrogens (tertiary/aromatic N) is 2. The van der Waals surface area contributed by atoms with Crippen molar-refractivity contribution < 1.29 is 22.7 Å². The van der Waals surface area contributed by atoms with Gasteiger partial charge in [0, 0.05) is 18.0 Å². The van der Waals surface area contributed by atoms with E-state index in [2.05, 4.69) is 5.32 Å². The fourth-order valence-electron chi connectivity index (χ4n) is 3.50. The van der Waals surface area contributed by atoms with E-state index in [1.807, 2.05) is 6.26 Å². The van der Waals surface area contributed by atoms with E-state index >= 15 is 0 Å². The molecule has 2 aliphatic rings. The molecule has 1 saturated heterocycles. The third-order valence-electron chi connectivity index (χ3n) is 5.02. The molecule has 4 rings (SSSR count). The molecule has 0 spiro atoms. The lowest BCUT2D eigenvalue weighted by Crippen LogP contribution is -2.44. The predicted molar refractivity (Wildman–Crippen MR) is 115 cm³/mol. The number of carbonyl (C=O) groups excluding carboxylic acids is 2. The van der Waals surface area contributed by atoms with Gasteiger partial charge < -0.3 is 15.0 Å². The molecule has 2 aliphatic heterocycles. The summed E-state index contributed by atoms with van der Waals surface area (Å²) in [5, 5.41) is 2.93. The van der Waals surface area contributed by atoms with Crippen molar-refractivity contribution >= 4 is 45.0 Å². The molecule has 30 heavy (non-hydrogen) atoms. The van der Waals surface area contributed by atoms with Gasteiger partial charge in [0.1, 0.15) is 0 Å². The highest BCUT2D eigenvalue weighted by Gasteiger charge is 2.36. The van der Waals surface area contributed by atoms with Gasteiger partial charge in [0.2, 0.25) is 0 Å². The molecule has 10 heteroatoms. The topological polar surface area (TPSA) is 96.0 Å². The minimum atomic E-state index is -4.20. The molecule has 0 atom stereocenters. The highest BCUT2D eigenvalue weighted by molar-refractivity contribution is 7.98. The van der Waals surface area contributed by atoms with Gasteiger partial charge >= 0.3 is 0 Å². The van der Waals surface area contributed by atoms with Crippen LogP contribution in [0, 0.1) is 0 Å². The number of benzene rings is 2. The van der Waals surface area contributed by atoms with Gasteiger partial charge in [-0.3, -0.25) is 9.59 Å². The number of fused-ring (bicyclic) bond motifs is 1. The molecule has 0 aromatic heterocycles. The number of anilines is 2. The zero-order valence-corrected chi connectivity index (χ0v) is 18.0. The van der Waals surface area contributed by atoms with Crippen molar-refractivity contribution in [3.05, 3.63) is 48.0 Å². The molecule has 1 N–H and O–H groups in total. The van der Waals surface area contributed by atoms with Crippen LogP contribution in [0.15, 0.2) is 52.3 Å². The molecule has 0 saturated carbocycles. The lowest BCUT2D eigenvalue weighted by Gasteiger charge is -2.30. The number of ether oxygens (including phenoxy) is 1. The number of rotatable bonds is 4. The van der Waals surface area contributed by atoms with Gasteiger partial charge in [-0.2, -0.15) is 4.31 Å². The lowest BCUT2D eigenvalue weighted by atomic mass is 10.2. The first kappa shape index (κ1) is 20.7. The SMILES string of the molecule is CSc1ccc(S(=O)(=O)N2C(=O)CNc3ccccc32)cc1C(=O)N1CCOCC1. The van der Waals surface area contributed by atoms with Crippen LogP contribution in [0.5, 0.6) is 0 Å². The van der Waals surface area contributed by atoms with Crippen molar-refractivity contribution in [1.29, 1.82) is 0 Å². The third-order valence-corrected chi connectivity index (χ3v) is 7.54. The number of thioether (sulfide) groups is 1. The summed E-state index contributed by atoms with van der Waals surface area (Å²) < 4.78 is 33.0. The van der Waals surface area contributed by atoms with Crippen LogP contribution < -0.4 is 9.62 Å². The van der Waals surface area contributed by atoms with Gasteiger partial charge in [-0.1, -0.05) is 12.1 Å². The first-order valence-corrected chi connectivity index (χ1v) is 12.1. The van der Waals surface area contributed by atoms with Crippen molar-refractivity contribution in [2.75, 3.05) is 48.7 Å². The lowest BCUT2D eigenvalue weighted by molar-refractivity contribution is -0.116. The van der Waals surface area contributed by atoms with Gasteiger partial charge in [-0.25, -0.2) is 8.42 Å². The van der Waals surface area contributed by atoms with E-state index < -0.39 is 15.9 Å². The second kappa shape index (κ2) is 8.29. The van der Waals surface area contributed by atoms with Crippen LogP contribution in [0.1, 0.15) is 10.4 Å². The highest BCUT2D eigenvalue weighted by atomic mass is 32.2. The molecule has 0 bridgehead atoms. The molecular formula is C20H21N3O5S2. The van der Waals surface area contributed by atoms with Crippen LogP contribution >= 0.6 is 11.8 Å². The quantitative estimate of drug-likeness (QED) is 0.717. The Kier molecular flexibility index (Phi) is 5.72. The highest BCUT2D eigenvalue weighted by Crippen LogP contribution is 2.34. The summed E-state index contributed by atoms with van der Waals surface area (Å²) in [4.78, 5) is 27.9. The molecule has 8 nitrogen and oxygen atoms in total. The minimum absolute atomic E-state index is 0.0954. The Labute approximate surface area is 179 Å². The van der Waals surface area contributed by atoms with E-state index in [-0.39, 0.29) is 23.0 Å². The van der Waals surface area contributed by atoms with Gasteiger partial charge in [0.15, 0.2) is 0 Å². The average Bonchev–Trinajstić information content (AvgIpc) is 2.78. The Hall–Kier alpha value is -2.56. The van der Waals surface area contributed by atoms with Crippen molar-refractivity contribution in [2.24, 2.45) is 0 Å². The van der Waals surface area contributed by atoms with Crippen molar-refractivity contribution in [2.45, 2.75) is 9.79 Å². The summed E-state index contributed by atoms with van der Waals surface area (Å²) in [5.74, 6) is -0.824. The monoisotopic (exact) mass is 447 g/mol. The average molecular weight is 448 g/mol. The molecule has 1 fully saturated rings. The zero-order valence-electron chi connectivity index (χ0n) is 16.3. The van der Waals surface area contributed by atoms with Crippen LogP contribution in [0.25, 0.3) is 0 Å². The summed E-state index contributed by atoms with van der Waals surface area (Å²) in [6.45, 7) is 1.67. The van der Waals surface area contributed by atoms with Crippen molar-refractivity contribution in [3.63, 3.8) is 0 Å². The Morgan fingerprint density at radius 1 is 1.13 bits per heavy atom. The van der Waals surface area contributed by atoms with Gasteiger partial charge in [0.25, 0.3) is 21.8 Å². The predicted octanol–water partition coefficient (Wildman–Crippen LogP) is 2.03. The van der Waals surface area contributed by atoms with E-state index in [0.717, 1.165) is 4.31 Å². The third kappa shape index (κ3) is 3.66. The van der Waals surface area contributed by atoms with Gasteiger partial charge in [-0.05, 0) is 36.6 Å². The fraction of sp³-hybridized carbons (Fsp3) is 0.300. The fourth-order valence-corrected chi connectivity index (χ4v) is 5.54. The molecule has 2 amide bonds. The summed E-state index contributed by atoms with van der Waals surface area (Å²) in [7, 11) is -4.20. The van der Waals surface area contributed by atoms with Gasteiger partial charge in [0.05, 0.1) is 41.6 Å². The van der Waals surface area contributed by atoms with Crippen LogP contribution in [0.3, 0.4) is 0 Å². The molecule has 0 unspecified atom stereocenters. The Bertz CT molecular complexity index is 1100. The number of nitrogens with one attached hydrogen (secondary N) is 1.